The summed E-state index contributed by atoms with van der Waals surface area (Å²) in [7, 11) is 1.73. The molecule has 0 radical (unpaired) electrons. The predicted octanol–water partition coefficient (Wildman–Crippen LogP) is 2.42. The molecule has 2 aromatic carbocycles. The normalized spacial score (nSPS) is 18.0. The first kappa shape index (κ1) is 16.8. The van der Waals surface area contributed by atoms with Crippen molar-refractivity contribution in [3.63, 3.8) is 0 Å². The van der Waals surface area contributed by atoms with Crippen LogP contribution in [0.1, 0.15) is 17.3 Å². The minimum absolute atomic E-state index is 0.252. The molecule has 0 aliphatic carbocycles. The first-order valence-corrected chi connectivity index (χ1v) is 8.89. The van der Waals surface area contributed by atoms with Crippen LogP contribution in [-0.4, -0.2) is 46.6 Å². The highest BCUT2D eigenvalue weighted by atomic mass is 16.5. The van der Waals surface area contributed by atoms with Crippen molar-refractivity contribution in [1.29, 1.82) is 0 Å². The predicted molar refractivity (Wildman–Crippen MR) is 100 cm³/mol. The molecule has 3 aromatic rings. The van der Waals surface area contributed by atoms with E-state index in [-0.39, 0.29) is 6.04 Å². The third-order valence-corrected chi connectivity index (χ3v) is 4.78. The van der Waals surface area contributed by atoms with Crippen LogP contribution in [0.2, 0.25) is 0 Å². The monoisotopic (exact) mass is 349 g/mol. The van der Waals surface area contributed by atoms with Crippen LogP contribution >= 0.6 is 0 Å². The van der Waals surface area contributed by atoms with E-state index >= 15 is 0 Å². The number of aromatic nitrogens is 3. The van der Waals surface area contributed by atoms with E-state index in [1.165, 1.54) is 5.56 Å². The molecule has 0 saturated carbocycles. The van der Waals surface area contributed by atoms with Crippen molar-refractivity contribution in [3.05, 3.63) is 72.1 Å². The Morgan fingerprint density at radius 1 is 1.12 bits per heavy atom. The Kier molecular flexibility index (Phi) is 4.95. The molecule has 134 valence electrons. The van der Waals surface area contributed by atoms with Crippen LogP contribution in [0, 0.1) is 0 Å². The van der Waals surface area contributed by atoms with Gasteiger partial charge in [0.25, 0.3) is 0 Å². The van der Waals surface area contributed by atoms with E-state index in [4.69, 9.17) is 4.74 Å². The Hall–Kier alpha value is -2.70. The van der Waals surface area contributed by atoms with E-state index in [0.29, 0.717) is 0 Å². The fraction of sp³-hybridized carbons (Fsp3) is 0.300. The van der Waals surface area contributed by atoms with Gasteiger partial charge in [0.2, 0.25) is 0 Å². The fourth-order valence-corrected chi connectivity index (χ4v) is 3.47. The lowest BCUT2D eigenvalue weighted by molar-refractivity contribution is 0.149. The van der Waals surface area contributed by atoms with E-state index in [1.807, 2.05) is 53.3 Å². The van der Waals surface area contributed by atoms with Gasteiger partial charge in [-0.2, -0.15) is 0 Å². The van der Waals surface area contributed by atoms with Crippen LogP contribution in [0.3, 0.4) is 0 Å². The summed E-state index contributed by atoms with van der Waals surface area (Å²) in [6, 6.07) is 18.6. The van der Waals surface area contributed by atoms with Gasteiger partial charge in [0, 0.05) is 31.7 Å². The Balaban J connectivity index is 1.55. The van der Waals surface area contributed by atoms with Crippen LogP contribution < -0.4 is 10.1 Å². The van der Waals surface area contributed by atoms with Gasteiger partial charge in [0.05, 0.1) is 30.7 Å². The number of benzene rings is 2. The number of methoxy groups -OCH3 is 1. The largest absolute Gasteiger partial charge is 0.496 e. The second kappa shape index (κ2) is 7.68. The minimum Gasteiger partial charge on any atom is -0.496 e. The molecule has 6 nitrogen and oxygen atoms in total. The number of rotatable bonds is 5. The molecule has 1 atom stereocenters. The molecule has 1 aromatic heterocycles. The first-order valence-electron chi connectivity index (χ1n) is 8.89. The Morgan fingerprint density at radius 2 is 1.92 bits per heavy atom. The molecule has 1 fully saturated rings. The number of para-hydroxylation sites is 2. The fourth-order valence-electron chi connectivity index (χ4n) is 3.47. The van der Waals surface area contributed by atoms with Crippen LogP contribution in [0.4, 0.5) is 0 Å². The van der Waals surface area contributed by atoms with Gasteiger partial charge in [0.1, 0.15) is 5.75 Å². The lowest BCUT2D eigenvalue weighted by Gasteiger charge is -2.36. The average Bonchev–Trinajstić information content (AvgIpc) is 3.18. The van der Waals surface area contributed by atoms with Gasteiger partial charge in [-0.05, 0) is 18.2 Å². The maximum Gasteiger partial charge on any atom is 0.123 e. The van der Waals surface area contributed by atoms with E-state index in [1.54, 1.807) is 7.11 Å². The number of ether oxygens (including phenoxy) is 1. The molecule has 1 N–H and O–H groups in total. The van der Waals surface area contributed by atoms with Crippen molar-refractivity contribution < 1.29 is 4.74 Å². The summed E-state index contributed by atoms with van der Waals surface area (Å²) in [5, 5.41) is 12.2. The van der Waals surface area contributed by atoms with E-state index < -0.39 is 0 Å². The van der Waals surface area contributed by atoms with Crippen LogP contribution in [-0.2, 0) is 6.54 Å². The molecule has 1 aliphatic rings. The quantitative estimate of drug-likeness (QED) is 0.767. The first-order chi connectivity index (χ1) is 12.8. The van der Waals surface area contributed by atoms with Crippen molar-refractivity contribution in [1.82, 2.24) is 25.2 Å². The van der Waals surface area contributed by atoms with Gasteiger partial charge in [-0.3, -0.25) is 4.90 Å². The molecular weight excluding hydrogens is 326 g/mol. The molecule has 2 heterocycles. The zero-order valence-electron chi connectivity index (χ0n) is 14.9. The summed E-state index contributed by atoms with van der Waals surface area (Å²) in [5.41, 5.74) is 3.20. The average molecular weight is 349 g/mol. The third kappa shape index (κ3) is 3.47. The zero-order chi connectivity index (χ0) is 17.8. The van der Waals surface area contributed by atoms with Crippen molar-refractivity contribution >= 4 is 0 Å². The number of nitrogens with one attached hydrogen (secondary N) is 1. The van der Waals surface area contributed by atoms with E-state index in [9.17, 15) is 0 Å². The molecule has 26 heavy (non-hydrogen) atoms. The van der Waals surface area contributed by atoms with Crippen LogP contribution in [0.25, 0.3) is 5.69 Å². The molecule has 0 spiro atoms. The standard InChI is InChI=1S/C20H23N5O/c1-26-20-10-6-5-9-18(20)19-13-21-11-12-24(19)14-16-15-25(23-22-16)17-7-3-2-4-8-17/h2-10,15,19,21H,11-14H2,1H3. The summed E-state index contributed by atoms with van der Waals surface area (Å²) >= 11 is 0. The summed E-state index contributed by atoms with van der Waals surface area (Å²) in [6.07, 6.45) is 2.01. The van der Waals surface area contributed by atoms with E-state index in [2.05, 4.69) is 32.7 Å². The molecule has 1 unspecified atom stereocenters. The highest BCUT2D eigenvalue weighted by Gasteiger charge is 2.26. The Bertz CT molecular complexity index is 848. The van der Waals surface area contributed by atoms with Crippen molar-refractivity contribution in [2.24, 2.45) is 0 Å². The molecule has 0 amide bonds. The Labute approximate surface area is 153 Å². The number of piperazine rings is 1. The SMILES string of the molecule is COc1ccccc1C1CNCCN1Cc1cn(-c2ccccc2)nn1. The van der Waals surface area contributed by atoms with E-state index in [0.717, 1.165) is 43.3 Å². The summed E-state index contributed by atoms with van der Waals surface area (Å²) in [6.45, 7) is 3.59. The third-order valence-electron chi connectivity index (χ3n) is 4.78. The molecular formula is C20H23N5O. The molecule has 0 bridgehead atoms. The molecule has 4 rings (SSSR count). The maximum absolute atomic E-state index is 5.57. The van der Waals surface area contributed by atoms with Crippen molar-refractivity contribution in [2.45, 2.75) is 12.6 Å². The number of hydrogen-bond donors (Lipinski definition) is 1. The maximum atomic E-state index is 5.57. The van der Waals surface area contributed by atoms with Gasteiger partial charge in [-0.15, -0.1) is 5.10 Å². The number of hydrogen-bond acceptors (Lipinski definition) is 5. The second-order valence-corrected chi connectivity index (χ2v) is 6.42. The van der Waals surface area contributed by atoms with Gasteiger partial charge in [-0.25, -0.2) is 4.68 Å². The highest BCUT2D eigenvalue weighted by molar-refractivity contribution is 5.36. The van der Waals surface area contributed by atoms with Crippen LogP contribution in [0.5, 0.6) is 5.75 Å². The van der Waals surface area contributed by atoms with Gasteiger partial charge in [-0.1, -0.05) is 41.6 Å². The molecule has 1 aliphatic heterocycles. The molecule has 1 saturated heterocycles. The Morgan fingerprint density at radius 3 is 2.77 bits per heavy atom. The summed E-state index contributed by atoms with van der Waals surface area (Å²) < 4.78 is 7.40. The minimum atomic E-state index is 0.252. The lowest BCUT2D eigenvalue weighted by Crippen LogP contribution is -2.45. The van der Waals surface area contributed by atoms with Crippen molar-refractivity contribution in [3.8, 4) is 11.4 Å². The molecule has 6 heteroatoms. The smallest absolute Gasteiger partial charge is 0.123 e. The summed E-state index contributed by atoms with van der Waals surface area (Å²) in [4.78, 5) is 2.44. The zero-order valence-corrected chi connectivity index (χ0v) is 14.9. The topological polar surface area (TPSA) is 55.2 Å². The second-order valence-electron chi connectivity index (χ2n) is 6.42. The van der Waals surface area contributed by atoms with Gasteiger partial charge >= 0.3 is 0 Å². The van der Waals surface area contributed by atoms with Gasteiger partial charge in [0.15, 0.2) is 0 Å². The van der Waals surface area contributed by atoms with Gasteiger partial charge < -0.3 is 10.1 Å². The van der Waals surface area contributed by atoms with Crippen LogP contribution in [0.15, 0.2) is 60.8 Å². The highest BCUT2D eigenvalue weighted by Crippen LogP contribution is 2.30. The number of nitrogens with zero attached hydrogens (tertiary/aromatic N) is 4. The summed E-state index contributed by atoms with van der Waals surface area (Å²) in [5.74, 6) is 0.930. The van der Waals surface area contributed by atoms with Crippen molar-refractivity contribution in [2.75, 3.05) is 26.7 Å². The lowest BCUT2D eigenvalue weighted by atomic mass is 10.0.